The predicted octanol–water partition coefficient (Wildman–Crippen LogP) is 3.79. The average molecular weight is 241 g/mol. The van der Waals surface area contributed by atoms with Gasteiger partial charge in [-0.1, -0.05) is 11.6 Å². The minimum absolute atomic E-state index is 0.291. The number of hydrogen-bond acceptors (Lipinski definition) is 2. The van der Waals surface area contributed by atoms with E-state index in [1.807, 2.05) is 0 Å². The van der Waals surface area contributed by atoms with E-state index in [0.717, 1.165) is 0 Å². The lowest BCUT2D eigenvalue weighted by Gasteiger charge is -2.01. The van der Waals surface area contributed by atoms with Gasteiger partial charge in [-0.05, 0) is 37.3 Å². The first-order valence-corrected chi connectivity index (χ1v) is 5.19. The number of furan rings is 1. The number of rotatable bonds is 2. The second kappa shape index (κ2) is 4.28. The summed E-state index contributed by atoms with van der Waals surface area (Å²) >= 11 is 5.78. The van der Waals surface area contributed by atoms with Crippen LogP contribution in [0.1, 0.15) is 18.8 Å². The van der Waals surface area contributed by atoms with Gasteiger partial charge in [-0.25, -0.2) is 4.39 Å². The van der Waals surface area contributed by atoms with E-state index in [-0.39, 0.29) is 0 Å². The van der Waals surface area contributed by atoms with Crippen molar-refractivity contribution in [1.82, 2.24) is 0 Å². The van der Waals surface area contributed by atoms with Crippen molar-refractivity contribution in [2.24, 2.45) is 0 Å². The Morgan fingerprint density at radius 3 is 2.69 bits per heavy atom. The van der Waals surface area contributed by atoms with Gasteiger partial charge in [0, 0.05) is 5.02 Å². The molecule has 2 nitrogen and oxygen atoms in total. The van der Waals surface area contributed by atoms with Gasteiger partial charge in [0.25, 0.3) is 0 Å². The van der Waals surface area contributed by atoms with Crippen molar-refractivity contribution in [3.05, 3.63) is 46.9 Å². The third-order valence-electron chi connectivity index (χ3n) is 2.23. The summed E-state index contributed by atoms with van der Waals surface area (Å²) in [4.78, 5) is 0. The van der Waals surface area contributed by atoms with E-state index in [1.54, 1.807) is 19.1 Å². The lowest BCUT2D eigenvalue weighted by atomic mass is 10.1. The van der Waals surface area contributed by atoms with Gasteiger partial charge in [0.05, 0.1) is 5.56 Å². The maximum Gasteiger partial charge on any atom is 0.137 e. The highest BCUT2D eigenvalue weighted by atomic mass is 35.5. The Labute approximate surface area is 97.3 Å². The standard InChI is InChI=1S/C12H10ClFO2/c1-7(15)11-4-5-12(16-11)9-6-8(13)2-3-10(9)14/h2-7,15H,1H3. The monoisotopic (exact) mass is 240 g/mol. The van der Waals surface area contributed by atoms with E-state index >= 15 is 0 Å². The third kappa shape index (κ3) is 2.10. The van der Waals surface area contributed by atoms with Crippen LogP contribution in [-0.4, -0.2) is 5.11 Å². The van der Waals surface area contributed by atoms with Crippen molar-refractivity contribution in [2.75, 3.05) is 0 Å². The van der Waals surface area contributed by atoms with Crippen molar-refractivity contribution in [1.29, 1.82) is 0 Å². The summed E-state index contributed by atoms with van der Waals surface area (Å²) < 4.78 is 18.8. The largest absolute Gasteiger partial charge is 0.458 e. The molecule has 0 bridgehead atoms. The Balaban J connectivity index is 2.46. The van der Waals surface area contributed by atoms with Gasteiger partial charge in [-0.2, -0.15) is 0 Å². The van der Waals surface area contributed by atoms with Crippen molar-refractivity contribution in [3.63, 3.8) is 0 Å². The molecule has 0 aliphatic heterocycles. The first-order valence-electron chi connectivity index (χ1n) is 4.81. The zero-order chi connectivity index (χ0) is 11.7. The molecule has 1 unspecified atom stereocenters. The van der Waals surface area contributed by atoms with Crippen LogP contribution in [0.4, 0.5) is 4.39 Å². The van der Waals surface area contributed by atoms with Crippen LogP contribution in [0.5, 0.6) is 0 Å². The summed E-state index contributed by atoms with van der Waals surface area (Å²) in [5.41, 5.74) is 0.291. The summed E-state index contributed by atoms with van der Waals surface area (Å²) in [7, 11) is 0. The van der Waals surface area contributed by atoms with Crippen LogP contribution in [0, 0.1) is 5.82 Å². The van der Waals surface area contributed by atoms with Crippen LogP contribution in [0.25, 0.3) is 11.3 Å². The zero-order valence-electron chi connectivity index (χ0n) is 8.58. The van der Waals surface area contributed by atoms with Crippen LogP contribution in [-0.2, 0) is 0 Å². The second-order valence-corrected chi connectivity index (χ2v) is 3.94. The molecule has 0 spiro atoms. The highest BCUT2D eigenvalue weighted by molar-refractivity contribution is 6.30. The zero-order valence-corrected chi connectivity index (χ0v) is 9.33. The molecule has 16 heavy (non-hydrogen) atoms. The summed E-state index contributed by atoms with van der Waals surface area (Å²) in [6, 6.07) is 7.46. The van der Waals surface area contributed by atoms with E-state index < -0.39 is 11.9 Å². The molecular formula is C12H10ClFO2. The molecule has 1 atom stereocenters. The molecule has 0 aliphatic carbocycles. The SMILES string of the molecule is CC(O)c1ccc(-c2cc(Cl)ccc2F)o1. The van der Waals surface area contributed by atoms with Crippen molar-refractivity contribution in [2.45, 2.75) is 13.0 Å². The first kappa shape index (κ1) is 11.2. The predicted molar refractivity (Wildman–Crippen MR) is 59.7 cm³/mol. The molecule has 0 saturated heterocycles. The van der Waals surface area contributed by atoms with Crippen LogP contribution in [0.2, 0.25) is 5.02 Å². The van der Waals surface area contributed by atoms with E-state index in [9.17, 15) is 9.50 Å². The van der Waals surface area contributed by atoms with Gasteiger partial charge in [-0.15, -0.1) is 0 Å². The number of hydrogen-bond donors (Lipinski definition) is 1. The molecule has 0 amide bonds. The van der Waals surface area contributed by atoms with Gasteiger partial charge in [0.15, 0.2) is 0 Å². The minimum atomic E-state index is -0.712. The molecule has 1 N–H and O–H groups in total. The van der Waals surface area contributed by atoms with Crippen molar-refractivity contribution < 1.29 is 13.9 Å². The molecule has 2 aromatic rings. The van der Waals surface area contributed by atoms with Crippen LogP contribution in [0.3, 0.4) is 0 Å². The van der Waals surface area contributed by atoms with Gasteiger partial charge in [-0.3, -0.25) is 0 Å². The quantitative estimate of drug-likeness (QED) is 0.866. The van der Waals surface area contributed by atoms with E-state index in [1.165, 1.54) is 18.2 Å². The lowest BCUT2D eigenvalue weighted by Crippen LogP contribution is -1.86. The smallest absolute Gasteiger partial charge is 0.137 e. The van der Waals surface area contributed by atoms with Crippen molar-refractivity contribution in [3.8, 4) is 11.3 Å². The maximum absolute atomic E-state index is 13.5. The molecule has 0 saturated carbocycles. The molecule has 0 radical (unpaired) electrons. The van der Waals surface area contributed by atoms with Gasteiger partial charge < -0.3 is 9.52 Å². The molecular weight excluding hydrogens is 231 g/mol. The minimum Gasteiger partial charge on any atom is -0.458 e. The van der Waals surface area contributed by atoms with Gasteiger partial charge in [0.1, 0.15) is 23.4 Å². The fraction of sp³-hybridized carbons (Fsp3) is 0.167. The molecule has 1 aromatic carbocycles. The molecule has 0 aliphatic rings. The van der Waals surface area contributed by atoms with E-state index in [4.69, 9.17) is 16.0 Å². The average Bonchev–Trinajstić information content (AvgIpc) is 2.70. The molecule has 2 rings (SSSR count). The Morgan fingerprint density at radius 2 is 2.06 bits per heavy atom. The highest BCUT2D eigenvalue weighted by Gasteiger charge is 2.12. The van der Waals surface area contributed by atoms with Gasteiger partial charge >= 0.3 is 0 Å². The number of benzene rings is 1. The normalized spacial score (nSPS) is 12.8. The highest BCUT2D eigenvalue weighted by Crippen LogP contribution is 2.29. The molecule has 84 valence electrons. The Kier molecular flexibility index (Phi) is 2.99. The van der Waals surface area contributed by atoms with Crippen LogP contribution in [0.15, 0.2) is 34.7 Å². The fourth-order valence-electron chi connectivity index (χ4n) is 1.41. The van der Waals surface area contributed by atoms with Crippen LogP contribution >= 0.6 is 11.6 Å². The topological polar surface area (TPSA) is 33.4 Å². The Bertz CT molecular complexity index is 505. The van der Waals surface area contributed by atoms with Crippen LogP contribution < -0.4 is 0 Å². The molecule has 1 heterocycles. The second-order valence-electron chi connectivity index (χ2n) is 3.50. The Morgan fingerprint density at radius 1 is 1.31 bits per heavy atom. The summed E-state index contributed by atoms with van der Waals surface area (Å²) in [6.07, 6.45) is -0.712. The third-order valence-corrected chi connectivity index (χ3v) is 2.47. The lowest BCUT2D eigenvalue weighted by molar-refractivity contribution is 0.170. The van der Waals surface area contributed by atoms with E-state index in [0.29, 0.717) is 22.1 Å². The summed E-state index contributed by atoms with van der Waals surface area (Å²) in [5, 5.41) is 9.73. The number of aliphatic hydroxyl groups is 1. The van der Waals surface area contributed by atoms with E-state index in [2.05, 4.69) is 0 Å². The first-order chi connectivity index (χ1) is 7.58. The summed E-state index contributed by atoms with van der Waals surface area (Å²) in [5.74, 6) is 0.348. The number of halogens is 2. The maximum atomic E-state index is 13.5. The molecule has 1 aromatic heterocycles. The van der Waals surface area contributed by atoms with Crippen molar-refractivity contribution >= 4 is 11.6 Å². The number of aliphatic hydroxyl groups excluding tert-OH is 1. The fourth-order valence-corrected chi connectivity index (χ4v) is 1.58. The molecule has 4 heteroatoms. The summed E-state index contributed by atoms with van der Waals surface area (Å²) in [6.45, 7) is 1.58. The Hall–Kier alpha value is -1.32. The van der Waals surface area contributed by atoms with Gasteiger partial charge in [0.2, 0.25) is 0 Å². The molecule has 0 fully saturated rings.